The van der Waals surface area contributed by atoms with Crippen molar-refractivity contribution >= 4 is 16.7 Å². The number of nitrogens with one attached hydrogen (secondary N) is 1. The van der Waals surface area contributed by atoms with Gasteiger partial charge in [-0.15, -0.1) is 0 Å². The third-order valence-corrected chi connectivity index (χ3v) is 4.25. The first-order valence-corrected chi connectivity index (χ1v) is 7.40. The molecule has 0 radical (unpaired) electrons. The van der Waals surface area contributed by atoms with E-state index in [4.69, 9.17) is 0 Å². The van der Waals surface area contributed by atoms with E-state index in [1.54, 1.807) is 12.1 Å². The number of anilines is 1. The molecule has 1 saturated heterocycles. The first kappa shape index (κ1) is 14.0. The van der Waals surface area contributed by atoms with E-state index in [0.717, 1.165) is 6.42 Å². The summed E-state index contributed by atoms with van der Waals surface area (Å²) < 4.78 is 14.3. The maximum absolute atomic E-state index is 14.3. The zero-order valence-electron chi connectivity index (χ0n) is 12.3. The molecule has 0 saturated carbocycles. The van der Waals surface area contributed by atoms with Gasteiger partial charge in [-0.05, 0) is 25.0 Å². The molecule has 3 heterocycles. The average Bonchev–Trinajstić information content (AvgIpc) is 3.10. The van der Waals surface area contributed by atoms with Crippen molar-refractivity contribution in [3.63, 3.8) is 0 Å². The number of aliphatic hydroxyl groups is 1. The molecule has 23 heavy (non-hydrogen) atoms. The van der Waals surface area contributed by atoms with Gasteiger partial charge in [0, 0.05) is 6.54 Å². The molecule has 0 aliphatic carbocycles. The molecular weight excluding hydrogens is 299 g/mol. The van der Waals surface area contributed by atoms with Gasteiger partial charge in [0.1, 0.15) is 29.3 Å². The van der Waals surface area contributed by atoms with Crippen molar-refractivity contribution in [1.29, 1.82) is 0 Å². The summed E-state index contributed by atoms with van der Waals surface area (Å²) in [6.45, 7) is 0.959. The second-order valence-corrected chi connectivity index (χ2v) is 5.74. The summed E-state index contributed by atoms with van der Waals surface area (Å²) in [5, 5.41) is 21.6. The molecule has 4 rings (SSSR count). The minimum atomic E-state index is -1.13. The van der Waals surface area contributed by atoms with Gasteiger partial charge in [-0.3, -0.25) is 0 Å². The van der Waals surface area contributed by atoms with E-state index in [1.165, 1.54) is 18.6 Å². The number of benzene rings is 1. The lowest BCUT2D eigenvalue weighted by Gasteiger charge is -2.38. The summed E-state index contributed by atoms with van der Waals surface area (Å²) in [6.07, 6.45) is 4.24. The van der Waals surface area contributed by atoms with Crippen molar-refractivity contribution in [1.82, 2.24) is 25.4 Å². The number of β-amino-alcohol motifs (C(OH)–C–C–N with tert-alkyl or cyclic N) is 1. The highest BCUT2D eigenvalue weighted by molar-refractivity contribution is 5.89. The van der Waals surface area contributed by atoms with Gasteiger partial charge in [0.15, 0.2) is 0 Å². The van der Waals surface area contributed by atoms with Crippen molar-refractivity contribution in [3.05, 3.63) is 42.2 Å². The van der Waals surface area contributed by atoms with Crippen LogP contribution in [0.3, 0.4) is 0 Å². The van der Waals surface area contributed by atoms with E-state index < -0.39 is 5.60 Å². The Morgan fingerprint density at radius 1 is 1.30 bits per heavy atom. The minimum Gasteiger partial charge on any atom is -0.382 e. The minimum absolute atomic E-state index is 0.278. The van der Waals surface area contributed by atoms with Crippen LogP contribution < -0.4 is 4.90 Å². The van der Waals surface area contributed by atoms with Gasteiger partial charge in [0.25, 0.3) is 0 Å². The van der Waals surface area contributed by atoms with Gasteiger partial charge >= 0.3 is 0 Å². The van der Waals surface area contributed by atoms with Crippen LogP contribution >= 0.6 is 0 Å². The quantitative estimate of drug-likeness (QED) is 0.742. The number of rotatable bonds is 2. The zero-order valence-corrected chi connectivity index (χ0v) is 12.3. The molecule has 0 amide bonds. The first-order chi connectivity index (χ1) is 11.2. The normalized spacial score (nSPS) is 21.7. The van der Waals surface area contributed by atoms with Crippen LogP contribution in [0, 0.1) is 5.82 Å². The summed E-state index contributed by atoms with van der Waals surface area (Å²) in [6, 6.07) is 4.76. The number of aromatic nitrogens is 5. The van der Waals surface area contributed by atoms with Gasteiger partial charge in [-0.25, -0.2) is 14.4 Å². The molecule has 2 N–H and O–H groups in total. The molecule has 0 spiro atoms. The smallest absolute Gasteiger partial charge is 0.142 e. The number of hydrogen-bond acceptors (Lipinski definition) is 6. The molecule has 118 valence electrons. The van der Waals surface area contributed by atoms with E-state index >= 15 is 0 Å². The Bertz CT molecular complexity index is 834. The molecule has 0 bridgehead atoms. The molecule has 1 aromatic carbocycles. The standard InChI is InChI=1S/C15H15FN6O/c16-10-3-1-4-11-13(10)14(18-9-17-11)22-6-2-5-15(23,8-22)12-7-19-21-20-12/h1,3-4,7,9,23H,2,5-6,8H2,(H,19,20,21)/t15-/m1/s1. The molecule has 0 unspecified atom stereocenters. The Morgan fingerprint density at radius 3 is 3.04 bits per heavy atom. The summed E-state index contributed by atoms with van der Waals surface area (Å²) in [5.74, 6) is 0.128. The molecule has 1 atom stereocenters. The predicted molar refractivity (Wildman–Crippen MR) is 81.2 cm³/mol. The number of hydrogen-bond donors (Lipinski definition) is 2. The van der Waals surface area contributed by atoms with Crippen LogP contribution in [0.4, 0.5) is 10.2 Å². The van der Waals surface area contributed by atoms with E-state index in [2.05, 4.69) is 25.4 Å². The van der Waals surface area contributed by atoms with E-state index in [1.807, 2.05) is 4.90 Å². The third-order valence-electron chi connectivity index (χ3n) is 4.25. The molecule has 1 aliphatic rings. The average molecular weight is 314 g/mol. The predicted octanol–water partition coefficient (Wildman–Crippen LogP) is 1.37. The number of fused-ring (bicyclic) bond motifs is 1. The van der Waals surface area contributed by atoms with Crippen LogP contribution in [-0.4, -0.2) is 43.6 Å². The largest absolute Gasteiger partial charge is 0.382 e. The second kappa shape index (κ2) is 5.24. The van der Waals surface area contributed by atoms with Crippen molar-refractivity contribution in [2.24, 2.45) is 0 Å². The van der Waals surface area contributed by atoms with Gasteiger partial charge in [0.05, 0.1) is 23.6 Å². The topological polar surface area (TPSA) is 90.8 Å². The Balaban J connectivity index is 1.77. The lowest BCUT2D eigenvalue weighted by atomic mass is 9.90. The van der Waals surface area contributed by atoms with Crippen LogP contribution in [0.15, 0.2) is 30.7 Å². The van der Waals surface area contributed by atoms with Crippen LogP contribution in [0.5, 0.6) is 0 Å². The fourth-order valence-corrected chi connectivity index (χ4v) is 3.14. The van der Waals surface area contributed by atoms with Crippen LogP contribution in [0.2, 0.25) is 0 Å². The fraction of sp³-hybridized carbons (Fsp3) is 0.333. The van der Waals surface area contributed by atoms with E-state index in [9.17, 15) is 9.50 Å². The molecule has 7 nitrogen and oxygen atoms in total. The zero-order chi connectivity index (χ0) is 15.9. The van der Waals surface area contributed by atoms with E-state index in [0.29, 0.717) is 35.4 Å². The molecule has 1 fully saturated rings. The van der Waals surface area contributed by atoms with Gasteiger partial charge in [-0.1, -0.05) is 6.07 Å². The highest BCUT2D eigenvalue weighted by Gasteiger charge is 2.38. The van der Waals surface area contributed by atoms with Gasteiger partial charge in [-0.2, -0.15) is 15.4 Å². The summed E-state index contributed by atoms with van der Waals surface area (Å²) in [4.78, 5) is 10.3. The van der Waals surface area contributed by atoms with Crippen LogP contribution in [-0.2, 0) is 5.60 Å². The van der Waals surface area contributed by atoms with Gasteiger partial charge in [0.2, 0.25) is 0 Å². The Hall–Kier alpha value is -2.61. The molecule has 8 heteroatoms. The van der Waals surface area contributed by atoms with Crippen molar-refractivity contribution in [2.45, 2.75) is 18.4 Å². The van der Waals surface area contributed by atoms with Crippen molar-refractivity contribution < 1.29 is 9.50 Å². The maximum atomic E-state index is 14.3. The third kappa shape index (κ3) is 2.31. The molecule has 2 aromatic heterocycles. The van der Waals surface area contributed by atoms with E-state index in [-0.39, 0.29) is 12.4 Å². The Labute approximate surface area is 131 Å². The number of halogens is 1. The first-order valence-electron chi connectivity index (χ1n) is 7.40. The number of piperidine rings is 1. The molecular formula is C15H15FN6O. The summed E-state index contributed by atoms with van der Waals surface area (Å²) in [7, 11) is 0. The Morgan fingerprint density at radius 2 is 2.22 bits per heavy atom. The highest BCUT2D eigenvalue weighted by atomic mass is 19.1. The molecule has 3 aromatic rings. The maximum Gasteiger partial charge on any atom is 0.142 e. The van der Waals surface area contributed by atoms with Gasteiger partial charge < -0.3 is 10.0 Å². The monoisotopic (exact) mass is 314 g/mol. The lowest BCUT2D eigenvalue weighted by Crippen LogP contribution is -2.47. The molecule has 1 aliphatic heterocycles. The number of nitrogens with zero attached hydrogens (tertiary/aromatic N) is 5. The highest BCUT2D eigenvalue weighted by Crippen LogP contribution is 2.34. The fourth-order valence-electron chi connectivity index (χ4n) is 3.14. The number of H-pyrrole nitrogens is 1. The summed E-state index contributed by atoms with van der Waals surface area (Å²) >= 11 is 0. The second-order valence-electron chi connectivity index (χ2n) is 5.74. The van der Waals surface area contributed by atoms with Crippen LogP contribution in [0.1, 0.15) is 18.5 Å². The SMILES string of the molecule is O[C@]1(c2cn[nH]n2)CCCN(c2ncnc3cccc(F)c23)C1. The Kier molecular flexibility index (Phi) is 3.19. The van der Waals surface area contributed by atoms with Crippen LogP contribution in [0.25, 0.3) is 10.9 Å². The van der Waals surface area contributed by atoms with Crippen molar-refractivity contribution in [3.8, 4) is 0 Å². The van der Waals surface area contributed by atoms with Crippen molar-refractivity contribution in [2.75, 3.05) is 18.0 Å². The lowest BCUT2D eigenvalue weighted by molar-refractivity contribution is 0.0175. The summed E-state index contributed by atoms with van der Waals surface area (Å²) in [5.41, 5.74) is -0.0973. The number of aromatic amines is 1.